The summed E-state index contributed by atoms with van der Waals surface area (Å²) in [6, 6.07) is 0. The van der Waals surface area contributed by atoms with Crippen LogP contribution < -0.4 is 5.73 Å². The zero-order valence-corrected chi connectivity index (χ0v) is 8.38. The molecule has 2 N–H and O–H groups in total. The van der Waals surface area contributed by atoms with Gasteiger partial charge in [0.25, 0.3) is 5.92 Å². The van der Waals surface area contributed by atoms with E-state index < -0.39 is 11.3 Å². The van der Waals surface area contributed by atoms with Gasteiger partial charge in [0.15, 0.2) is 0 Å². The molecule has 1 saturated carbocycles. The van der Waals surface area contributed by atoms with Crippen LogP contribution in [0.2, 0.25) is 0 Å². The lowest BCUT2D eigenvalue weighted by atomic mass is 9.86. The van der Waals surface area contributed by atoms with Gasteiger partial charge in [0.2, 0.25) is 0 Å². The normalized spacial score (nSPS) is 43.2. The first kappa shape index (κ1) is 9.71. The largest absolute Gasteiger partial charge is 0.330 e. The highest BCUT2D eigenvalue weighted by molar-refractivity contribution is 7.99. The molecule has 13 heavy (non-hydrogen) atoms. The quantitative estimate of drug-likeness (QED) is 0.750. The molecule has 2 rings (SSSR count). The molecule has 1 saturated heterocycles. The minimum Gasteiger partial charge on any atom is -0.330 e. The fourth-order valence-corrected chi connectivity index (χ4v) is 3.67. The molecule has 0 bridgehead atoms. The maximum absolute atomic E-state index is 13.1. The summed E-state index contributed by atoms with van der Waals surface area (Å²) in [4.78, 5) is 0. The van der Waals surface area contributed by atoms with Crippen molar-refractivity contribution in [2.45, 2.75) is 25.2 Å². The van der Waals surface area contributed by atoms with Crippen molar-refractivity contribution in [1.82, 2.24) is 0 Å². The lowest BCUT2D eigenvalue weighted by Crippen LogP contribution is -2.33. The molecule has 1 nitrogen and oxygen atoms in total. The van der Waals surface area contributed by atoms with Gasteiger partial charge in [0.05, 0.1) is 5.41 Å². The zero-order valence-electron chi connectivity index (χ0n) is 7.56. The second-order valence-electron chi connectivity index (χ2n) is 4.16. The summed E-state index contributed by atoms with van der Waals surface area (Å²) in [5.41, 5.74) is 4.67. The fourth-order valence-electron chi connectivity index (χ4n) is 2.36. The molecule has 4 heteroatoms. The summed E-state index contributed by atoms with van der Waals surface area (Å²) in [6.45, 7) is 0.158. The Kier molecular flexibility index (Phi) is 2.31. The van der Waals surface area contributed by atoms with Gasteiger partial charge in [-0.1, -0.05) is 0 Å². The van der Waals surface area contributed by atoms with E-state index in [0.717, 1.165) is 24.3 Å². The summed E-state index contributed by atoms with van der Waals surface area (Å²) >= 11 is 1.80. The summed E-state index contributed by atoms with van der Waals surface area (Å²) in [7, 11) is 0. The molecular formula is C9H15F2NS. The highest BCUT2D eigenvalue weighted by Crippen LogP contribution is 2.65. The molecule has 0 radical (unpaired) electrons. The SMILES string of the molecule is NCC1(C2CCCSC2)CC1(F)F. The molecule has 1 aliphatic carbocycles. The van der Waals surface area contributed by atoms with Gasteiger partial charge in [-0.05, 0) is 30.3 Å². The predicted octanol–water partition coefficient (Wildman–Crippen LogP) is 2.11. The highest BCUT2D eigenvalue weighted by atomic mass is 32.2. The number of alkyl halides is 2. The average molecular weight is 207 g/mol. The van der Waals surface area contributed by atoms with E-state index in [1.54, 1.807) is 11.8 Å². The van der Waals surface area contributed by atoms with E-state index in [1.807, 2.05) is 0 Å². The number of rotatable bonds is 2. The van der Waals surface area contributed by atoms with Gasteiger partial charge in [-0.2, -0.15) is 11.8 Å². The number of hydrogen-bond donors (Lipinski definition) is 1. The molecule has 0 amide bonds. The maximum Gasteiger partial charge on any atom is 0.256 e. The Balaban J connectivity index is 2.05. The molecular weight excluding hydrogens is 192 g/mol. The predicted molar refractivity (Wildman–Crippen MR) is 51.1 cm³/mol. The van der Waals surface area contributed by atoms with Gasteiger partial charge in [-0.25, -0.2) is 8.78 Å². The molecule has 0 aromatic carbocycles. The smallest absolute Gasteiger partial charge is 0.256 e. The highest BCUT2D eigenvalue weighted by Gasteiger charge is 2.72. The Morgan fingerprint density at radius 1 is 1.46 bits per heavy atom. The molecule has 2 unspecified atom stereocenters. The number of thioether (sulfide) groups is 1. The van der Waals surface area contributed by atoms with Crippen LogP contribution in [0.3, 0.4) is 0 Å². The molecule has 1 heterocycles. The van der Waals surface area contributed by atoms with E-state index in [-0.39, 0.29) is 18.9 Å². The van der Waals surface area contributed by atoms with Crippen molar-refractivity contribution in [2.24, 2.45) is 17.1 Å². The Hall–Kier alpha value is 0.170. The third-order valence-corrected chi connectivity index (χ3v) is 4.66. The van der Waals surface area contributed by atoms with Crippen LogP contribution in [-0.2, 0) is 0 Å². The van der Waals surface area contributed by atoms with Gasteiger partial charge >= 0.3 is 0 Å². The first-order valence-electron chi connectivity index (χ1n) is 4.78. The Labute approximate surface area is 81.4 Å². The first-order valence-corrected chi connectivity index (χ1v) is 5.93. The van der Waals surface area contributed by atoms with E-state index >= 15 is 0 Å². The molecule has 2 aliphatic rings. The van der Waals surface area contributed by atoms with Crippen LogP contribution in [0.4, 0.5) is 8.78 Å². The Morgan fingerprint density at radius 2 is 2.15 bits per heavy atom. The van der Waals surface area contributed by atoms with Crippen LogP contribution >= 0.6 is 11.8 Å². The average Bonchev–Trinajstić information content (AvgIpc) is 2.72. The summed E-state index contributed by atoms with van der Waals surface area (Å²) in [6.07, 6.45) is 2.05. The van der Waals surface area contributed by atoms with Crippen LogP contribution in [0, 0.1) is 11.3 Å². The third-order valence-electron chi connectivity index (χ3n) is 3.45. The molecule has 0 spiro atoms. The van der Waals surface area contributed by atoms with E-state index in [2.05, 4.69) is 0 Å². The van der Waals surface area contributed by atoms with Crippen molar-refractivity contribution in [1.29, 1.82) is 0 Å². The molecule has 0 aromatic rings. The maximum atomic E-state index is 13.1. The first-order chi connectivity index (χ1) is 6.12. The van der Waals surface area contributed by atoms with Gasteiger partial charge in [-0.3, -0.25) is 0 Å². The molecule has 76 valence electrons. The second-order valence-corrected chi connectivity index (χ2v) is 5.31. The van der Waals surface area contributed by atoms with Crippen molar-refractivity contribution in [2.75, 3.05) is 18.1 Å². The van der Waals surface area contributed by atoms with Crippen LogP contribution in [0.5, 0.6) is 0 Å². The standard InChI is InChI=1S/C9H15F2NS/c10-9(11)5-8(9,6-12)7-2-1-3-13-4-7/h7H,1-6,12H2. The second kappa shape index (κ2) is 3.09. The van der Waals surface area contributed by atoms with Gasteiger partial charge in [0, 0.05) is 13.0 Å². The molecule has 0 aromatic heterocycles. The van der Waals surface area contributed by atoms with Crippen molar-refractivity contribution in [3.63, 3.8) is 0 Å². The number of halogens is 2. The Morgan fingerprint density at radius 3 is 2.54 bits per heavy atom. The zero-order chi connectivity index (χ0) is 9.53. The summed E-state index contributed by atoms with van der Waals surface area (Å²) in [5, 5.41) is 0. The molecule has 2 atom stereocenters. The van der Waals surface area contributed by atoms with E-state index in [1.165, 1.54) is 0 Å². The van der Waals surface area contributed by atoms with Crippen molar-refractivity contribution in [3.05, 3.63) is 0 Å². The number of nitrogens with two attached hydrogens (primary N) is 1. The van der Waals surface area contributed by atoms with E-state index in [9.17, 15) is 8.78 Å². The molecule has 1 aliphatic heterocycles. The van der Waals surface area contributed by atoms with Crippen molar-refractivity contribution in [3.8, 4) is 0 Å². The molecule has 2 fully saturated rings. The van der Waals surface area contributed by atoms with Crippen LogP contribution in [0.15, 0.2) is 0 Å². The van der Waals surface area contributed by atoms with E-state index in [4.69, 9.17) is 5.73 Å². The number of hydrogen-bond acceptors (Lipinski definition) is 2. The van der Waals surface area contributed by atoms with E-state index in [0.29, 0.717) is 0 Å². The monoisotopic (exact) mass is 207 g/mol. The lowest BCUT2D eigenvalue weighted by Gasteiger charge is -2.29. The fraction of sp³-hybridized carbons (Fsp3) is 1.00. The van der Waals surface area contributed by atoms with Gasteiger partial charge in [0.1, 0.15) is 0 Å². The minimum atomic E-state index is -2.47. The van der Waals surface area contributed by atoms with Gasteiger partial charge < -0.3 is 5.73 Å². The van der Waals surface area contributed by atoms with Crippen LogP contribution in [0.25, 0.3) is 0 Å². The topological polar surface area (TPSA) is 26.0 Å². The lowest BCUT2D eigenvalue weighted by molar-refractivity contribution is 0.0437. The summed E-state index contributed by atoms with van der Waals surface area (Å²) in [5.74, 6) is -0.300. The van der Waals surface area contributed by atoms with Crippen LogP contribution in [-0.4, -0.2) is 24.0 Å². The third kappa shape index (κ3) is 1.38. The van der Waals surface area contributed by atoms with Gasteiger partial charge in [-0.15, -0.1) is 0 Å². The van der Waals surface area contributed by atoms with Crippen LogP contribution in [0.1, 0.15) is 19.3 Å². The Bertz CT molecular complexity index is 204. The van der Waals surface area contributed by atoms with Crippen molar-refractivity contribution < 1.29 is 8.78 Å². The van der Waals surface area contributed by atoms with Crippen molar-refractivity contribution >= 4 is 11.8 Å². The summed E-state index contributed by atoms with van der Waals surface area (Å²) < 4.78 is 26.3. The minimum absolute atomic E-state index is 0.0295.